The Hall–Kier alpha value is -4.58. The predicted octanol–water partition coefficient (Wildman–Crippen LogP) is 5.01. The predicted molar refractivity (Wildman–Crippen MR) is 163 cm³/mol. The summed E-state index contributed by atoms with van der Waals surface area (Å²) in [5, 5.41) is 11.5. The summed E-state index contributed by atoms with van der Waals surface area (Å²) in [6.45, 7) is 10.1. The third-order valence-corrected chi connectivity index (χ3v) is 8.85. The number of aryl methyl sites for hydroxylation is 1. The molecule has 0 spiro atoms. The average Bonchev–Trinajstić information content (AvgIpc) is 3.38. The van der Waals surface area contributed by atoms with Gasteiger partial charge in [0.25, 0.3) is 5.91 Å². The molecule has 2 N–H and O–H groups in total. The highest BCUT2D eigenvalue weighted by atomic mass is 28.3. The summed E-state index contributed by atoms with van der Waals surface area (Å²) in [4.78, 5) is 33.5. The van der Waals surface area contributed by atoms with Gasteiger partial charge in [0.15, 0.2) is 0 Å². The highest BCUT2D eigenvalue weighted by molar-refractivity contribution is 6.88. The third-order valence-electron chi connectivity index (χ3n) is 7.07. The number of halogens is 2. The summed E-state index contributed by atoms with van der Waals surface area (Å²) >= 11 is 0. The van der Waals surface area contributed by atoms with Gasteiger partial charge in [-0.3, -0.25) is 10.1 Å². The Labute approximate surface area is 244 Å². The number of pyridine rings is 1. The van der Waals surface area contributed by atoms with Crippen LogP contribution in [0.5, 0.6) is 0 Å². The molecule has 42 heavy (non-hydrogen) atoms. The van der Waals surface area contributed by atoms with E-state index in [9.17, 15) is 18.4 Å². The molecule has 0 aliphatic carbocycles. The topological polar surface area (TPSA) is 95.4 Å². The van der Waals surface area contributed by atoms with E-state index in [0.717, 1.165) is 28.7 Å². The highest BCUT2D eigenvalue weighted by Gasteiger charge is 2.27. The lowest BCUT2D eigenvalue weighted by molar-refractivity contribution is 0.0736. The number of nitrogens with one attached hydrogen (secondary N) is 2. The number of hydrogen-bond donors (Lipinski definition) is 2. The van der Waals surface area contributed by atoms with Gasteiger partial charge in [-0.1, -0.05) is 43.4 Å². The van der Waals surface area contributed by atoms with Crippen LogP contribution in [0, 0.1) is 18.6 Å². The van der Waals surface area contributed by atoms with Crippen molar-refractivity contribution in [3.8, 4) is 5.69 Å². The second-order valence-corrected chi connectivity index (χ2v) is 16.3. The van der Waals surface area contributed by atoms with Crippen LogP contribution in [-0.2, 0) is 0 Å². The zero-order valence-corrected chi connectivity index (χ0v) is 25.0. The van der Waals surface area contributed by atoms with Gasteiger partial charge in [0.05, 0.1) is 17.6 Å². The fourth-order valence-electron chi connectivity index (χ4n) is 4.64. The molecule has 9 nitrogen and oxygen atoms in total. The van der Waals surface area contributed by atoms with Gasteiger partial charge in [-0.05, 0) is 49.4 Å². The lowest BCUT2D eigenvalue weighted by Gasteiger charge is -2.35. The van der Waals surface area contributed by atoms with Gasteiger partial charge in [0, 0.05) is 31.5 Å². The number of piperazine rings is 1. The van der Waals surface area contributed by atoms with E-state index in [2.05, 4.69) is 35.3 Å². The lowest BCUT2D eigenvalue weighted by Crippen LogP contribution is -2.49. The number of carbonyl (C=O) groups is 2. The fraction of sp³-hybridized carbons (Fsp3) is 0.267. The molecule has 0 saturated carbocycles. The van der Waals surface area contributed by atoms with Gasteiger partial charge in [-0.25, -0.2) is 23.2 Å². The van der Waals surface area contributed by atoms with E-state index < -0.39 is 37.2 Å². The number of rotatable bonds is 6. The van der Waals surface area contributed by atoms with Crippen LogP contribution in [0.1, 0.15) is 15.9 Å². The lowest BCUT2D eigenvalue weighted by atomic mass is 10.1. The molecule has 0 bridgehead atoms. The van der Waals surface area contributed by atoms with E-state index >= 15 is 0 Å². The first-order valence-corrected chi connectivity index (χ1v) is 17.2. The molecule has 218 valence electrons. The van der Waals surface area contributed by atoms with Crippen LogP contribution in [0.15, 0.2) is 66.9 Å². The number of hydrogen-bond acceptors (Lipinski definition) is 5. The van der Waals surface area contributed by atoms with Gasteiger partial charge >= 0.3 is 6.03 Å². The summed E-state index contributed by atoms with van der Waals surface area (Å²) in [5.41, 5.74) is 1.96. The zero-order chi connectivity index (χ0) is 30.0. The molecule has 5 rings (SSSR count). The van der Waals surface area contributed by atoms with Crippen molar-refractivity contribution < 1.29 is 18.4 Å². The monoisotopic (exact) mass is 589 g/mol. The maximum Gasteiger partial charge on any atom is 0.324 e. The summed E-state index contributed by atoms with van der Waals surface area (Å²) < 4.78 is 29.9. The van der Waals surface area contributed by atoms with Crippen molar-refractivity contribution >= 4 is 42.7 Å². The first kappa shape index (κ1) is 28.9. The van der Waals surface area contributed by atoms with Crippen molar-refractivity contribution in [1.29, 1.82) is 0 Å². The van der Waals surface area contributed by atoms with Gasteiger partial charge in [0.2, 0.25) is 0 Å². The number of anilines is 3. The number of benzene rings is 2. The molecule has 12 heteroatoms. The Morgan fingerprint density at radius 3 is 2.14 bits per heavy atom. The largest absolute Gasteiger partial charge is 0.353 e. The fourth-order valence-corrected chi connectivity index (χ4v) is 5.61. The van der Waals surface area contributed by atoms with E-state index in [-0.39, 0.29) is 0 Å². The van der Waals surface area contributed by atoms with E-state index in [1.807, 2.05) is 42.2 Å². The number of nitrogens with zero attached hydrogens (tertiary/aromatic N) is 5. The molecule has 4 aromatic rings. The minimum absolute atomic E-state index is 0.296. The van der Waals surface area contributed by atoms with Crippen LogP contribution >= 0.6 is 0 Å². The Morgan fingerprint density at radius 2 is 1.55 bits per heavy atom. The molecular formula is C30H33F2N7O2Si. The number of amides is 3. The van der Waals surface area contributed by atoms with Crippen LogP contribution in [0.4, 0.5) is 30.9 Å². The summed E-state index contributed by atoms with van der Waals surface area (Å²) in [6, 6.07) is 16.4. The second-order valence-electron chi connectivity index (χ2n) is 11.3. The minimum Gasteiger partial charge on any atom is -0.353 e. The molecule has 3 amide bonds. The number of carbonyl (C=O) groups excluding carboxylic acids is 2. The van der Waals surface area contributed by atoms with E-state index in [1.54, 1.807) is 23.0 Å². The summed E-state index contributed by atoms with van der Waals surface area (Å²) in [6.07, 6.45) is 1.56. The molecule has 1 aliphatic heterocycles. The van der Waals surface area contributed by atoms with Gasteiger partial charge in [-0.15, -0.1) is 0 Å². The maximum absolute atomic E-state index is 14.1. The van der Waals surface area contributed by atoms with E-state index in [4.69, 9.17) is 5.10 Å². The number of urea groups is 1. The third kappa shape index (κ3) is 6.33. The molecule has 0 atom stereocenters. The summed E-state index contributed by atoms with van der Waals surface area (Å²) in [7, 11) is -1.74. The van der Waals surface area contributed by atoms with Gasteiger partial charge < -0.3 is 15.1 Å². The van der Waals surface area contributed by atoms with Crippen LogP contribution in [0.2, 0.25) is 19.6 Å². The molecular weight excluding hydrogens is 556 g/mol. The van der Waals surface area contributed by atoms with Crippen molar-refractivity contribution in [3.63, 3.8) is 0 Å². The molecule has 2 aromatic carbocycles. The smallest absolute Gasteiger partial charge is 0.324 e. The molecule has 1 saturated heterocycles. The average molecular weight is 590 g/mol. The van der Waals surface area contributed by atoms with Crippen molar-refractivity contribution in [2.24, 2.45) is 0 Å². The first-order chi connectivity index (χ1) is 20.0. The second kappa shape index (κ2) is 11.7. The van der Waals surface area contributed by atoms with E-state index in [0.29, 0.717) is 43.5 Å². The molecule has 1 aliphatic rings. The van der Waals surface area contributed by atoms with Crippen molar-refractivity contribution in [3.05, 3.63) is 89.6 Å². The zero-order valence-electron chi connectivity index (χ0n) is 24.0. The van der Waals surface area contributed by atoms with Gasteiger partial charge in [0.1, 0.15) is 36.9 Å². The Bertz CT molecular complexity index is 1570. The van der Waals surface area contributed by atoms with Crippen LogP contribution in [0.3, 0.4) is 0 Å². The molecule has 1 fully saturated rings. The Morgan fingerprint density at radius 1 is 0.881 bits per heavy atom. The first-order valence-electron chi connectivity index (χ1n) is 13.7. The van der Waals surface area contributed by atoms with Crippen molar-refractivity contribution in [2.45, 2.75) is 26.6 Å². The van der Waals surface area contributed by atoms with Crippen molar-refractivity contribution in [2.75, 3.05) is 41.7 Å². The van der Waals surface area contributed by atoms with Crippen LogP contribution in [-0.4, -0.2) is 65.9 Å². The minimum atomic E-state index is -1.74. The molecule has 3 heterocycles. The quantitative estimate of drug-likeness (QED) is 0.309. The standard InChI is InChI=1S/C30H33F2N7O2Si/c1-20-8-11-22(12-9-20)39-26(18-27(36-39)42(2,3)4)35-30(41)34-21-10-13-25(33-19-21)37-14-16-38(17-15-37)29(40)28-23(31)6-5-7-24(28)32/h5-13,18-19H,14-17H2,1-4H3,(H2,34,35,41). The van der Waals surface area contributed by atoms with Crippen molar-refractivity contribution in [1.82, 2.24) is 19.7 Å². The Kier molecular flexibility index (Phi) is 8.08. The summed E-state index contributed by atoms with van der Waals surface area (Å²) in [5.74, 6) is -1.16. The van der Waals surface area contributed by atoms with E-state index in [1.165, 1.54) is 11.0 Å². The molecule has 0 radical (unpaired) electrons. The SMILES string of the molecule is Cc1ccc(-n2nc([Si](C)(C)C)cc2NC(=O)Nc2ccc(N3CCN(C(=O)c4c(F)cccc4F)CC3)nc2)cc1. The van der Waals surface area contributed by atoms with Crippen LogP contribution < -0.4 is 20.9 Å². The molecule has 2 aromatic heterocycles. The maximum atomic E-state index is 14.1. The van der Waals surface area contributed by atoms with Crippen LogP contribution in [0.25, 0.3) is 5.69 Å². The number of aromatic nitrogens is 3. The molecule has 0 unspecified atom stereocenters. The van der Waals surface area contributed by atoms with Gasteiger partial charge in [-0.2, -0.15) is 5.10 Å². The highest BCUT2D eigenvalue weighted by Crippen LogP contribution is 2.21. The normalized spacial score (nSPS) is 13.7. The Balaban J connectivity index is 1.21.